The van der Waals surface area contributed by atoms with Crippen molar-refractivity contribution in [1.29, 1.82) is 0 Å². The molecule has 2 N–H and O–H groups in total. The van der Waals surface area contributed by atoms with Crippen LogP contribution in [0, 0.1) is 10.1 Å². The zero-order valence-corrected chi connectivity index (χ0v) is 17.6. The second-order valence-corrected chi connectivity index (χ2v) is 7.04. The molecule has 3 aromatic carbocycles. The number of rotatable bonds is 7. The van der Waals surface area contributed by atoms with Crippen molar-refractivity contribution in [2.24, 2.45) is 5.10 Å². The Bertz CT molecular complexity index is 1290. The number of hydrogen-bond donors (Lipinski definition) is 2. The van der Waals surface area contributed by atoms with Crippen LogP contribution in [0.15, 0.2) is 83.6 Å². The summed E-state index contributed by atoms with van der Waals surface area (Å²) in [6.45, 7) is 0.143. The summed E-state index contributed by atoms with van der Waals surface area (Å²) in [5, 5.41) is 17.4. The summed E-state index contributed by atoms with van der Waals surface area (Å²) >= 11 is 0. The SMILES string of the molecule is O=C(NN=Cc1ccc2c(c1)OCO2)/C(=C\c1ccc([N+](=O)[O-])cc1)NC(=O)c1ccccc1. The highest BCUT2D eigenvalue weighted by molar-refractivity contribution is 6.05. The van der Waals surface area contributed by atoms with Gasteiger partial charge in [0.25, 0.3) is 17.5 Å². The molecule has 1 aliphatic rings. The van der Waals surface area contributed by atoms with Crippen molar-refractivity contribution >= 4 is 29.8 Å². The maximum absolute atomic E-state index is 12.8. The summed E-state index contributed by atoms with van der Waals surface area (Å²) in [5.41, 5.74) is 3.68. The van der Waals surface area contributed by atoms with Crippen LogP contribution in [0.25, 0.3) is 6.08 Å². The van der Waals surface area contributed by atoms with Crippen molar-refractivity contribution in [2.75, 3.05) is 6.79 Å². The van der Waals surface area contributed by atoms with E-state index in [1.807, 2.05) is 0 Å². The van der Waals surface area contributed by atoms with Gasteiger partial charge in [-0.1, -0.05) is 18.2 Å². The number of hydrogen-bond acceptors (Lipinski definition) is 7. The molecule has 170 valence electrons. The molecule has 2 amide bonds. The minimum Gasteiger partial charge on any atom is -0.454 e. The highest BCUT2D eigenvalue weighted by Gasteiger charge is 2.15. The summed E-state index contributed by atoms with van der Waals surface area (Å²) in [4.78, 5) is 35.8. The molecule has 0 fully saturated rings. The predicted octanol–water partition coefficient (Wildman–Crippen LogP) is 3.24. The number of ether oxygens (including phenoxy) is 2. The van der Waals surface area contributed by atoms with E-state index >= 15 is 0 Å². The first kappa shape index (κ1) is 22.2. The molecule has 1 aliphatic heterocycles. The van der Waals surface area contributed by atoms with Gasteiger partial charge >= 0.3 is 0 Å². The molecule has 0 aliphatic carbocycles. The van der Waals surface area contributed by atoms with E-state index in [0.717, 1.165) is 0 Å². The molecule has 0 radical (unpaired) electrons. The highest BCUT2D eigenvalue weighted by Crippen LogP contribution is 2.31. The van der Waals surface area contributed by atoms with Gasteiger partial charge in [0.15, 0.2) is 11.5 Å². The molecule has 0 aromatic heterocycles. The standard InChI is InChI=1S/C24H18N4O6/c29-23(18-4-2-1-3-5-18)26-20(12-16-6-9-19(10-7-16)28(31)32)24(30)27-25-14-17-8-11-21-22(13-17)34-15-33-21/h1-14H,15H2,(H,26,29)(H,27,30)/b20-12+,25-14?. The van der Waals surface area contributed by atoms with E-state index in [0.29, 0.717) is 28.2 Å². The lowest BCUT2D eigenvalue weighted by molar-refractivity contribution is -0.384. The topological polar surface area (TPSA) is 132 Å². The summed E-state index contributed by atoms with van der Waals surface area (Å²) in [6, 6.07) is 19.1. The molecular formula is C24H18N4O6. The van der Waals surface area contributed by atoms with Gasteiger partial charge in [-0.3, -0.25) is 19.7 Å². The second kappa shape index (κ2) is 10.1. The third-order valence-corrected chi connectivity index (χ3v) is 4.72. The monoisotopic (exact) mass is 458 g/mol. The average molecular weight is 458 g/mol. The molecule has 10 heteroatoms. The number of amides is 2. The fourth-order valence-electron chi connectivity index (χ4n) is 3.02. The Morgan fingerprint density at radius 1 is 0.941 bits per heavy atom. The number of hydrazone groups is 1. The lowest BCUT2D eigenvalue weighted by Crippen LogP contribution is -2.32. The molecule has 0 spiro atoms. The number of carbonyl (C=O) groups excluding carboxylic acids is 2. The quantitative estimate of drug-likeness (QED) is 0.242. The molecule has 1 heterocycles. The summed E-state index contributed by atoms with van der Waals surface area (Å²) in [5.74, 6) is 0.0190. The molecule has 0 atom stereocenters. The van der Waals surface area contributed by atoms with Gasteiger partial charge in [0.1, 0.15) is 5.70 Å². The van der Waals surface area contributed by atoms with E-state index < -0.39 is 16.7 Å². The number of nitro groups is 1. The van der Waals surface area contributed by atoms with Crippen LogP contribution in [-0.2, 0) is 4.79 Å². The van der Waals surface area contributed by atoms with E-state index in [2.05, 4.69) is 15.8 Å². The average Bonchev–Trinajstić information content (AvgIpc) is 3.32. The summed E-state index contributed by atoms with van der Waals surface area (Å²) < 4.78 is 10.6. The Kier molecular flexibility index (Phi) is 6.59. The number of nitro benzene ring substituents is 1. The lowest BCUT2D eigenvalue weighted by atomic mass is 10.1. The Labute approximate surface area is 193 Å². The molecule has 10 nitrogen and oxygen atoms in total. The lowest BCUT2D eigenvalue weighted by Gasteiger charge is -2.09. The van der Waals surface area contributed by atoms with Crippen LogP contribution in [0.2, 0.25) is 0 Å². The van der Waals surface area contributed by atoms with E-state index in [1.54, 1.807) is 48.5 Å². The van der Waals surface area contributed by atoms with Crippen LogP contribution in [-0.4, -0.2) is 29.7 Å². The first-order valence-electron chi connectivity index (χ1n) is 10.1. The maximum Gasteiger partial charge on any atom is 0.287 e. The van der Waals surface area contributed by atoms with Gasteiger partial charge in [-0.2, -0.15) is 5.10 Å². The Morgan fingerprint density at radius 2 is 1.65 bits per heavy atom. The van der Waals surface area contributed by atoms with Crippen molar-refractivity contribution in [1.82, 2.24) is 10.7 Å². The Morgan fingerprint density at radius 3 is 2.38 bits per heavy atom. The van der Waals surface area contributed by atoms with E-state index in [9.17, 15) is 19.7 Å². The molecular weight excluding hydrogens is 440 g/mol. The van der Waals surface area contributed by atoms with Crippen LogP contribution >= 0.6 is 0 Å². The van der Waals surface area contributed by atoms with E-state index in [4.69, 9.17) is 9.47 Å². The number of carbonyl (C=O) groups is 2. The number of fused-ring (bicyclic) bond motifs is 1. The van der Waals surface area contributed by atoms with Gasteiger partial charge in [0.05, 0.1) is 11.1 Å². The third kappa shape index (κ3) is 5.43. The van der Waals surface area contributed by atoms with E-state index in [-0.39, 0.29) is 18.2 Å². The molecule has 0 saturated carbocycles. The minimum atomic E-state index is -0.681. The zero-order chi connectivity index (χ0) is 23.9. The van der Waals surface area contributed by atoms with Crippen LogP contribution in [0.1, 0.15) is 21.5 Å². The maximum atomic E-state index is 12.8. The molecule has 0 unspecified atom stereocenters. The van der Waals surface area contributed by atoms with Crippen LogP contribution < -0.4 is 20.2 Å². The third-order valence-electron chi connectivity index (χ3n) is 4.72. The molecule has 34 heavy (non-hydrogen) atoms. The van der Waals surface area contributed by atoms with Crippen LogP contribution in [0.5, 0.6) is 11.5 Å². The zero-order valence-electron chi connectivity index (χ0n) is 17.6. The normalized spacial score (nSPS) is 12.4. The summed E-state index contributed by atoms with van der Waals surface area (Å²) in [7, 11) is 0. The largest absolute Gasteiger partial charge is 0.454 e. The molecule has 3 aromatic rings. The number of nitrogens with one attached hydrogen (secondary N) is 2. The van der Waals surface area contributed by atoms with Gasteiger partial charge in [-0.25, -0.2) is 5.43 Å². The van der Waals surface area contributed by atoms with Gasteiger partial charge in [0, 0.05) is 17.7 Å². The smallest absolute Gasteiger partial charge is 0.287 e. The molecule has 4 rings (SSSR count). The van der Waals surface area contributed by atoms with Crippen molar-refractivity contribution in [2.45, 2.75) is 0 Å². The van der Waals surface area contributed by atoms with Gasteiger partial charge in [-0.15, -0.1) is 0 Å². The highest BCUT2D eigenvalue weighted by atomic mass is 16.7. The number of benzene rings is 3. The van der Waals surface area contributed by atoms with Crippen LogP contribution in [0.3, 0.4) is 0 Å². The minimum absolute atomic E-state index is 0.0921. The first-order valence-corrected chi connectivity index (χ1v) is 10.1. The first-order chi connectivity index (χ1) is 16.5. The van der Waals surface area contributed by atoms with Crippen molar-refractivity contribution in [3.05, 3.63) is 105 Å². The Balaban J connectivity index is 1.52. The van der Waals surface area contributed by atoms with Gasteiger partial charge in [0.2, 0.25) is 6.79 Å². The number of non-ortho nitro benzene ring substituents is 1. The fourth-order valence-corrected chi connectivity index (χ4v) is 3.02. The van der Waals surface area contributed by atoms with Crippen molar-refractivity contribution < 1.29 is 24.0 Å². The second-order valence-electron chi connectivity index (χ2n) is 7.04. The Hall–Kier alpha value is -4.99. The number of nitrogens with zero attached hydrogens (tertiary/aromatic N) is 2. The van der Waals surface area contributed by atoms with Crippen molar-refractivity contribution in [3.8, 4) is 11.5 Å². The van der Waals surface area contributed by atoms with E-state index in [1.165, 1.54) is 36.6 Å². The fraction of sp³-hybridized carbons (Fsp3) is 0.0417. The molecule has 0 bridgehead atoms. The van der Waals surface area contributed by atoms with Crippen LogP contribution in [0.4, 0.5) is 5.69 Å². The van der Waals surface area contributed by atoms with Gasteiger partial charge < -0.3 is 14.8 Å². The van der Waals surface area contributed by atoms with Crippen molar-refractivity contribution in [3.63, 3.8) is 0 Å². The predicted molar refractivity (Wildman–Crippen MR) is 123 cm³/mol. The summed E-state index contributed by atoms with van der Waals surface area (Å²) in [6.07, 6.45) is 2.82. The van der Waals surface area contributed by atoms with Gasteiger partial charge in [-0.05, 0) is 59.7 Å². The molecule has 0 saturated heterocycles.